The Bertz CT molecular complexity index is 1090. The van der Waals surface area contributed by atoms with Gasteiger partial charge >= 0.3 is 12.1 Å². The van der Waals surface area contributed by atoms with Crippen molar-refractivity contribution in [3.8, 4) is 11.1 Å². The van der Waals surface area contributed by atoms with Gasteiger partial charge in [-0.25, -0.2) is 4.79 Å². The molecule has 1 heterocycles. The van der Waals surface area contributed by atoms with Crippen LogP contribution in [0.2, 0.25) is 0 Å². The fourth-order valence-electron chi connectivity index (χ4n) is 6.11. The molecule has 2 aliphatic carbocycles. The maximum atomic E-state index is 13.0. The summed E-state index contributed by atoms with van der Waals surface area (Å²) in [7, 11) is 0. The van der Waals surface area contributed by atoms with Gasteiger partial charge in [0.25, 0.3) is 0 Å². The van der Waals surface area contributed by atoms with Gasteiger partial charge in [0.2, 0.25) is 5.91 Å². The molecular weight excluding hydrogens is 444 g/mol. The quantitative estimate of drug-likeness (QED) is 0.649. The summed E-state index contributed by atoms with van der Waals surface area (Å²) < 4.78 is 5.66. The number of carboxylic acids is 1. The Labute approximate surface area is 205 Å². The lowest BCUT2D eigenvalue weighted by atomic mass is 9.95. The number of fused-ring (bicyclic) bond motifs is 3. The summed E-state index contributed by atoms with van der Waals surface area (Å²) in [6.45, 7) is 3.40. The first-order valence-electron chi connectivity index (χ1n) is 12.5. The lowest BCUT2D eigenvalue weighted by Gasteiger charge is -2.21. The summed E-state index contributed by atoms with van der Waals surface area (Å²) in [5.74, 6) is -0.656. The Hall–Kier alpha value is -3.35. The molecule has 3 aliphatic rings. The Morgan fingerprint density at radius 1 is 1.00 bits per heavy atom. The summed E-state index contributed by atoms with van der Waals surface area (Å²) in [6.07, 6.45) is 1.71. The van der Waals surface area contributed by atoms with Crippen molar-refractivity contribution in [3.05, 3.63) is 59.7 Å². The molecule has 2 aromatic rings. The van der Waals surface area contributed by atoms with Crippen LogP contribution in [-0.2, 0) is 14.3 Å². The fraction of sp³-hybridized carbons (Fsp3) is 0.464. The Balaban J connectivity index is 1.13. The van der Waals surface area contributed by atoms with E-state index in [2.05, 4.69) is 29.6 Å². The molecule has 35 heavy (non-hydrogen) atoms. The van der Waals surface area contributed by atoms with Gasteiger partial charge in [0.05, 0.1) is 6.42 Å². The predicted molar refractivity (Wildman–Crippen MR) is 131 cm³/mol. The molecule has 2 unspecified atom stereocenters. The van der Waals surface area contributed by atoms with E-state index in [9.17, 15) is 14.4 Å². The number of hydrogen-bond acceptors (Lipinski definition) is 4. The molecule has 184 valence electrons. The lowest BCUT2D eigenvalue weighted by Crippen LogP contribution is -2.37. The van der Waals surface area contributed by atoms with Gasteiger partial charge in [-0.1, -0.05) is 55.5 Å². The smallest absolute Gasteiger partial charge is 0.407 e. The SMILES string of the molecule is C[C@@H]1CN(C(=O)C2CCC(NC(=O)OCC3c4ccccc4-c4ccccc43)C2)C[C@H]1CC(=O)O. The van der Waals surface area contributed by atoms with E-state index in [-0.39, 0.29) is 48.6 Å². The summed E-state index contributed by atoms with van der Waals surface area (Å²) in [6, 6.07) is 16.4. The van der Waals surface area contributed by atoms with Gasteiger partial charge in [-0.3, -0.25) is 9.59 Å². The molecule has 2 N–H and O–H groups in total. The molecule has 1 aliphatic heterocycles. The average molecular weight is 477 g/mol. The molecule has 4 atom stereocenters. The zero-order valence-electron chi connectivity index (χ0n) is 20.0. The molecule has 1 saturated heterocycles. The molecule has 0 radical (unpaired) electrons. The van der Waals surface area contributed by atoms with E-state index in [1.807, 2.05) is 36.1 Å². The van der Waals surface area contributed by atoms with Crippen LogP contribution in [0.15, 0.2) is 48.5 Å². The molecule has 7 heteroatoms. The van der Waals surface area contributed by atoms with Crippen LogP contribution in [0.1, 0.15) is 49.7 Å². The van der Waals surface area contributed by atoms with Crippen molar-refractivity contribution in [2.75, 3.05) is 19.7 Å². The second kappa shape index (κ2) is 9.72. The van der Waals surface area contributed by atoms with Crippen LogP contribution in [0.3, 0.4) is 0 Å². The first-order chi connectivity index (χ1) is 16.9. The Morgan fingerprint density at radius 3 is 2.31 bits per heavy atom. The maximum Gasteiger partial charge on any atom is 0.407 e. The standard InChI is InChI=1S/C28H32N2O5/c1-17-14-30(15-19(17)13-26(31)32)27(33)18-10-11-20(12-18)29-28(34)35-16-25-23-8-4-2-6-21(23)22-7-3-5-9-24(22)25/h2-9,17-20,25H,10-16H2,1H3,(H,29,34)(H,31,32)/t17-,18?,19-,20?/m1/s1. The number of likely N-dealkylation sites (tertiary alicyclic amines) is 1. The largest absolute Gasteiger partial charge is 0.481 e. The number of benzene rings is 2. The second-order valence-corrected chi connectivity index (χ2v) is 10.3. The van der Waals surface area contributed by atoms with Crippen molar-refractivity contribution >= 4 is 18.0 Å². The van der Waals surface area contributed by atoms with Crippen molar-refractivity contribution in [2.45, 2.75) is 44.6 Å². The molecular formula is C28H32N2O5. The maximum absolute atomic E-state index is 13.0. The minimum absolute atomic E-state index is 0.00704. The third-order valence-corrected chi connectivity index (χ3v) is 7.96. The molecule has 2 aromatic carbocycles. The zero-order valence-corrected chi connectivity index (χ0v) is 20.0. The van der Waals surface area contributed by atoms with Gasteiger partial charge in [0.15, 0.2) is 0 Å². The van der Waals surface area contributed by atoms with Gasteiger partial charge in [0.1, 0.15) is 6.61 Å². The molecule has 0 bridgehead atoms. The zero-order chi connectivity index (χ0) is 24.5. The van der Waals surface area contributed by atoms with Crippen LogP contribution < -0.4 is 5.32 Å². The van der Waals surface area contributed by atoms with Gasteiger partial charge in [-0.2, -0.15) is 0 Å². The number of carbonyl (C=O) groups excluding carboxylic acids is 2. The van der Waals surface area contributed by atoms with Gasteiger partial charge in [-0.15, -0.1) is 0 Å². The third kappa shape index (κ3) is 4.77. The van der Waals surface area contributed by atoms with E-state index in [0.29, 0.717) is 19.5 Å². The average Bonchev–Trinajstić information content (AvgIpc) is 3.53. The summed E-state index contributed by atoms with van der Waals surface area (Å²) >= 11 is 0. The number of nitrogens with one attached hydrogen (secondary N) is 1. The van der Waals surface area contributed by atoms with Crippen molar-refractivity contribution < 1.29 is 24.2 Å². The monoisotopic (exact) mass is 476 g/mol. The van der Waals surface area contributed by atoms with Crippen molar-refractivity contribution in [2.24, 2.45) is 17.8 Å². The van der Waals surface area contributed by atoms with E-state index in [4.69, 9.17) is 9.84 Å². The Kier molecular flexibility index (Phi) is 6.50. The third-order valence-electron chi connectivity index (χ3n) is 7.96. The topological polar surface area (TPSA) is 95.9 Å². The van der Waals surface area contributed by atoms with E-state index in [0.717, 1.165) is 12.8 Å². The van der Waals surface area contributed by atoms with Crippen molar-refractivity contribution in [3.63, 3.8) is 0 Å². The van der Waals surface area contributed by atoms with Crippen LogP contribution >= 0.6 is 0 Å². The van der Waals surface area contributed by atoms with Crippen molar-refractivity contribution in [1.29, 1.82) is 0 Å². The fourth-order valence-corrected chi connectivity index (χ4v) is 6.11. The van der Waals surface area contributed by atoms with Crippen LogP contribution in [0.4, 0.5) is 4.79 Å². The molecule has 5 rings (SSSR count). The number of amides is 2. The van der Waals surface area contributed by atoms with E-state index < -0.39 is 12.1 Å². The Morgan fingerprint density at radius 2 is 1.66 bits per heavy atom. The first-order valence-corrected chi connectivity index (χ1v) is 12.5. The molecule has 0 spiro atoms. The highest BCUT2D eigenvalue weighted by atomic mass is 16.5. The van der Waals surface area contributed by atoms with Gasteiger partial charge < -0.3 is 20.1 Å². The van der Waals surface area contributed by atoms with Crippen molar-refractivity contribution in [1.82, 2.24) is 10.2 Å². The summed E-state index contributed by atoms with van der Waals surface area (Å²) in [5.41, 5.74) is 4.73. The van der Waals surface area contributed by atoms with E-state index in [1.54, 1.807) is 0 Å². The number of carbonyl (C=O) groups is 3. The predicted octanol–water partition coefficient (Wildman–Crippen LogP) is 4.26. The van der Waals surface area contributed by atoms with E-state index in [1.165, 1.54) is 22.3 Å². The number of ether oxygens (including phenoxy) is 1. The highest BCUT2D eigenvalue weighted by Gasteiger charge is 2.39. The van der Waals surface area contributed by atoms with Crippen LogP contribution in [0, 0.1) is 17.8 Å². The number of nitrogens with zero attached hydrogens (tertiary/aromatic N) is 1. The number of aliphatic carboxylic acids is 1. The number of hydrogen-bond donors (Lipinski definition) is 2. The highest BCUT2D eigenvalue weighted by molar-refractivity contribution is 5.80. The molecule has 0 aromatic heterocycles. The first kappa shape index (κ1) is 23.4. The second-order valence-electron chi connectivity index (χ2n) is 10.3. The van der Waals surface area contributed by atoms with Crippen LogP contribution in [-0.4, -0.2) is 53.7 Å². The normalized spacial score (nSPS) is 25.2. The van der Waals surface area contributed by atoms with Gasteiger partial charge in [-0.05, 0) is 53.4 Å². The number of alkyl carbamates (subject to hydrolysis) is 1. The lowest BCUT2D eigenvalue weighted by molar-refractivity contribution is -0.139. The molecule has 2 amide bonds. The minimum Gasteiger partial charge on any atom is -0.481 e. The van der Waals surface area contributed by atoms with Crippen LogP contribution in [0.25, 0.3) is 11.1 Å². The highest BCUT2D eigenvalue weighted by Crippen LogP contribution is 2.44. The van der Waals surface area contributed by atoms with Gasteiger partial charge in [0, 0.05) is 31.0 Å². The van der Waals surface area contributed by atoms with E-state index >= 15 is 0 Å². The summed E-state index contributed by atoms with van der Waals surface area (Å²) in [5, 5.41) is 12.1. The summed E-state index contributed by atoms with van der Waals surface area (Å²) in [4.78, 5) is 38.5. The van der Waals surface area contributed by atoms with Crippen LogP contribution in [0.5, 0.6) is 0 Å². The minimum atomic E-state index is -0.815. The molecule has 2 fully saturated rings. The number of rotatable bonds is 6. The molecule has 7 nitrogen and oxygen atoms in total. The molecule has 1 saturated carbocycles. The number of carboxylic acid groups (broad SMARTS) is 1.